The maximum Gasteiger partial charge on any atom is 0.159 e. The molecule has 1 spiro atoms. The number of para-hydroxylation sites is 3. The second-order valence-electron chi connectivity index (χ2n) is 13.7. The average molecular weight is 648 g/mol. The number of benzene rings is 7. The van der Waals surface area contributed by atoms with Gasteiger partial charge in [0, 0.05) is 37.4 Å². The molecule has 10 rings (SSSR count). The number of furan rings is 1. The van der Waals surface area contributed by atoms with Gasteiger partial charge in [-0.2, -0.15) is 0 Å². The monoisotopic (exact) mass is 647 g/mol. The van der Waals surface area contributed by atoms with E-state index >= 15 is 0 Å². The van der Waals surface area contributed by atoms with Crippen LogP contribution in [0.1, 0.15) is 47.2 Å². The van der Waals surface area contributed by atoms with Crippen LogP contribution in [0.3, 0.4) is 0 Å². The Kier molecular flexibility index (Phi) is 6.10. The van der Waals surface area contributed by atoms with Crippen molar-refractivity contribution >= 4 is 50.8 Å². The van der Waals surface area contributed by atoms with Gasteiger partial charge in [-0.05, 0) is 81.9 Å². The first-order valence-corrected chi connectivity index (χ1v) is 17.8. The lowest BCUT2D eigenvalue weighted by atomic mass is 9.54. The summed E-state index contributed by atoms with van der Waals surface area (Å²) in [6.07, 6.45) is 0. The molecule has 0 atom stereocenters. The van der Waals surface area contributed by atoms with E-state index in [0.29, 0.717) is 0 Å². The number of nitrogens with zero attached hydrogens (tertiary/aromatic N) is 1. The van der Waals surface area contributed by atoms with Gasteiger partial charge in [0.1, 0.15) is 5.58 Å². The molecule has 0 bridgehead atoms. The van der Waals surface area contributed by atoms with Crippen molar-refractivity contribution in [3.63, 3.8) is 0 Å². The third-order valence-electron chi connectivity index (χ3n) is 10.8. The summed E-state index contributed by atoms with van der Waals surface area (Å²) >= 11 is 1.88. The summed E-state index contributed by atoms with van der Waals surface area (Å²) in [6, 6.07) is 59.9. The van der Waals surface area contributed by atoms with Crippen molar-refractivity contribution in [1.82, 2.24) is 0 Å². The third kappa shape index (κ3) is 3.91. The van der Waals surface area contributed by atoms with Gasteiger partial charge in [0.15, 0.2) is 5.58 Å². The van der Waals surface area contributed by atoms with Crippen LogP contribution in [0, 0.1) is 0 Å². The highest BCUT2D eigenvalue weighted by Gasteiger charge is 2.52. The summed E-state index contributed by atoms with van der Waals surface area (Å²) < 4.78 is 6.65. The first-order chi connectivity index (χ1) is 24.1. The molecule has 1 aliphatic carbocycles. The summed E-state index contributed by atoms with van der Waals surface area (Å²) in [4.78, 5) is 4.95. The summed E-state index contributed by atoms with van der Waals surface area (Å²) in [6.45, 7) is 4.76. The molecule has 0 saturated heterocycles. The van der Waals surface area contributed by atoms with E-state index < -0.39 is 5.41 Å². The van der Waals surface area contributed by atoms with E-state index in [9.17, 15) is 0 Å². The van der Waals surface area contributed by atoms with Crippen molar-refractivity contribution in [2.75, 3.05) is 4.90 Å². The van der Waals surface area contributed by atoms with Gasteiger partial charge in [-0.1, -0.05) is 141 Å². The van der Waals surface area contributed by atoms with E-state index in [-0.39, 0.29) is 5.41 Å². The smallest absolute Gasteiger partial charge is 0.159 e. The lowest BCUT2D eigenvalue weighted by molar-refractivity contribution is 0.549. The third-order valence-corrected chi connectivity index (χ3v) is 11.9. The molecular formula is C46H33NOS. The molecule has 2 aliphatic rings. The molecule has 1 aromatic heterocycles. The summed E-state index contributed by atoms with van der Waals surface area (Å²) in [5.74, 6) is 0. The number of rotatable bonds is 3. The zero-order chi connectivity index (χ0) is 32.7. The highest BCUT2D eigenvalue weighted by molar-refractivity contribution is 7.99. The number of anilines is 3. The highest BCUT2D eigenvalue weighted by Crippen LogP contribution is 2.62. The number of hydrogen-bond acceptors (Lipinski definition) is 3. The molecule has 8 aromatic rings. The standard InChI is InChI=1S/C46H33NOS/c1-45(2)34-19-7-9-21-36(34)46(37-22-10-8-20-35(37)45)38-23-11-13-26-42(38)49-43-28-27-31(29-39(43)46)47(30-15-4-3-5-16-30)40-24-14-18-33-32-17-6-12-25-41(32)48-44(33)40/h3-29H,1-2H3. The maximum atomic E-state index is 6.65. The average Bonchev–Trinajstić information content (AvgIpc) is 3.54. The molecule has 0 unspecified atom stereocenters. The van der Waals surface area contributed by atoms with Gasteiger partial charge in [0.25, 0.3) is 0 Å². The quantitative estimate of drug-likeness (QED) is 0.190. The molecule has 1 aliphatic heterocycles. The Morgan fingerprint density at radius 1 is 0.469 bits per heavy atom. The maximum absolute atomic E-state index is 6.65. The molecule has 0 amide bonds. The largest absolute Gasteiger partial charge is 0.454 e. The minimum atomic E-state index is -0.496. The van der Waals surface area contributed by atoms with Gasteiger partial charge in [0.2, 0.25) is 0 Å². The molecule has 7 aromatic carbocycles. The summed E-state index contributed by atoms with van der Waals surface area (Å²) in [5.41, 5.74) is 12.4. The second-order valence-corrected chi connectivity index (χ2v) is 14.8. The molecule has 0 saturated carbocycles. The number of fused-ring (bicyclic) bond motifs is 11. The lowest BCUT2D eigenvalue weighted by Crippen LogP contribution is -2.43. The Hall–Kier alpha value is -5.51. The minimum Gasteiger partial charge on any atom is -0.454 e. The van der Waals surface area contributed by atoms with Crippen molar-refractivity contribution in [2.45, 2.75) is 34.5 Å². The van der Waals surface area contributed by atoms with Crippen LogP contribution < -0.4 is 4.90 Å². The fraction of sp³-hybridized carbons (Fsp3) is 0.0870. The molecular weight excluding hydrogens is 615 g/mol. The van der Waals surface area contributed by atoms with Gasteiger partial charge >= 0.3 is 0 Å². The van der Waals surface area contributed by atoms with Crippen LogP contribution in [0.4, 0.5) is 17.1 Å². The van der Waals surface area contributed by atoms with Crippen LogP contribution in [-0.2, 0) is 10.8 Å². The van der Waals surface area contributed by atoms with Crippen LogP contribution in [0.2, 0.25) is 0 Å². The van der Waals surface area contributed by atoms with Crippen LogP contribution in [0.15, 0.2) is 178 Å². The molecule has 3 heteroatoms. The fourth-order valence-corrected chi connectivity index (χ4v) is 9.83. The predicted molar refractivity (Wildman–Crippen MR) is 203 cm³/mol. The van der Waals surface area contributed by atoms with Crippen molar-refractivity contribution in [3.05, 3.63) is 197 Å². The Morgan fingerprint density at radius 2 is 1.06 bits per heavy atom. The van der Waals surface area contributed by atoms with Crippen LogP contribution in [0.5, 0.6) is 0 Å². The normalized spacial score (nSPS) is 15.0. The molecule has 2 nitrogen and oxygen atoms in total. The summed E-state index contributed by atoms with van der Waals surface area (Å²) in [7, 11) is 0. The summed E-state index contributed by atoms with van der Waals surface area (Å²) in [5, 5.41) is 2.24. The highest BCUT2D eigenvalue weighted by atomic mass is 32.2. The van der Waals surface area contributed by atoms with Crippen LogP contribution in [0.25, 0.3) is 21.9 Å². The van der Waals surface area contributed by atoms with Gasteiger partial charge in [0.05, 0.1) is 11.1 Å². The molecule has 234 valence electrons. The first kappa shape index (κ1) is 28.5. The van der Waals surface area contributed by atoms with Crippen molar-refractivity contribution in [2.24, 2.45) is 0 Å². The predicted octanol–water partition coefficient (Wildman–Crippen LogP) is 12.5. The minimum absolute atomic E-state index is 0.150. The van der Waals surface area contributed by atoms with E-state index in [0.717, 1.165) is 39.0 Å². The Morgan fingerprint density at radius 3 is 1.82 bits per heavy atom. The molecule has 2 heterocycles. The zero-order valence-corrected chi connectivity index (χ0v) is 28.2. The molecule has 49 heavy (non-hydrogen) atoms. The van der Waals surface area contributed by atoms with Crippen LogP contribution >= 0.6 is 11.8 Å². The van der Waals surface area contributed by atoms with E-state index in [1.54, 1.807) is 0 Å². The van der Waals surface area contributed by atoms with E-state index in [1.807, 2.05) is 17.8 Å². The molecule has 0 fully saturated rings. The lowest BCUT2D eigenvalue weighted by Gasteiger charge is -2.50. The molecule has 0 N–H and O–H groups in total. The van der Waals surface area contributed by atoms with Crippen molar-refractivity contribution in [1.29, 1.82) is 0 Å². The Labute approximate surface area is 290 Å². The van der Waals surface area contributed by atoms with Gasteiger partial charge in [-0.25, -0.2) is 0 Å². The topological polar surface area (TPSA) is 16.4 Å². The Bertz CT molecular complexity index is 2530. The van der Waals surface area contributed by atoms with E-state index in [4.69, 9.17) is 4.42 Å². The molecule has 0 radical (unpaired) electrons. The number of hydrogen-bond donors (Lipinski definition) is 0. The van der Waals surface area contributed by atoms with Crippen molar-refractivity contribution < 1.29 is 4.42 Å². The second kappa shape index (κ2) is 10.5. The Balaban J connectivity index is 1.30. The van der Waals surface area contributed by atoms with E-state index in [1.165, 1.54) is 43.2 Å². The van der Waals surface area contributed by atoms with Crippen LogP contribution in [-0.4, -0.2) is 0 Å². The first-order valence-electron chi connectivity index (χ1n) is 16.9. The van der Waals surface area contributed by atoms with E-state index in [2.05, 4.69) is 176 Å². The zero-order valence-electron chi connectivity index (χ0n) is 27.4. The van der Waals surface area contributed by atoms with Gasteiger partial charge in [-0.3, -0.25) is 0 Å². The fourth-order valence-electron chi connectivity index (χ4n) is 8.66. The van der Waals surface area contributed by atoms with Gasteiger partial charge in [-0.15, -0.1) is 0 Å². The van der Waals surface area contributed by atoms with Gasteiger partial charge < -0.3 is 9.32 Å². The SMILES string of the molecule is CC1(C)c2ccccc2C2(c3ccccc3Sc3ccc(N(c4ccccc4)c4cccc5c4oc4ccccc45)cc32)c2ccccc21. The van der Waals surface area contributed by atoms with Crippen molar-refractivity contribution in [3.8, 4) is 0 Å².